The second-order valence-electron chi connectivity index (χ2n) is 4.18. The van der Waals surface area contributed by atoms with Crippen LogP contribution in [0.25, 0.3) is 0 Å². The van der Waals surface area contributed by atoms with Crippen molar-refractivity contribution in [3.8, 4) is 0 Å². The second-order valence-corrected chi connectivity index (χ2v) is 5.24. The Labute approximate surface area is 125 Å². The van der Waals surface area contributed by atoms with Crippen LogP contribution in [-0.2, 0) is 13.6 Å². The van der Waals surface area contributed by atoms with Crippen LogP contribution in [0, 0.1) is 0 Å². The first-order valence-corrected chi connectivity index (χ1v) is 7.47. The molecule has 11 heteroatoms. The third-order valence-electron chi connectivity index (χ3n) is 2.43. The molecule has 10 nitrogen and oxygen atoms in total. The molecule has 0 saturated carbocycles. The maximum Gasteiger partial charge on any atom is 0.320 e. The summed E-state index contributed by atoms with van der Waals surface area (Å²) in [7, 11) is 1.77. The summed E-state index contributed by atoms with van der Waals surface area (Å²) in [6.45, 7) is 3.32. The molecule has 0 aromatic carbocycles. The van der Waals surface area contributed by atoms with Gasteiger partial charge in [0.2, 0.25) is 5.16 Å². The zero-order chi connectivity index (χ0) is 15.1. The van der Waals surface area contributed by atoms with Crippen molar-refractivity contribution >= 4 is 23.6 Å². The summed E-state index contributed by atoms with van der Waals surface area (Å²) in [5.74, 6) is 1.11. The van der Waals surface area contributed by atoms with Gasteiger partial charge < -0.3 is 5.32 Å². The van der Waals surface area contributed by atoms with Gasteiger partial charge in [-0.2, -0.15) is 0 Å². The SMILES string of the molecule is CCCn1cc(NC(=O)NCCSc2nnnn2C)nn1. The lowest BCUT2D eigenvalue weighted by Gasteiger charge is -2.04. The molecule has 21 heavy (non-hydrogen) atoms. The average molecular weight is 311 g/mol. The maximum atomic E-state index is 11.7. The smallest absolute Gasteiger partial charge is 0.320 e. The largest absolute Gasteiger partial charge is 0.337 e. The molecule has 0 spiro atoms. The van der Waals surface area contributed by atoms with Gasteiger partial charge in [-0.3, -0.25) is 10.00 Å². The van der Waals surface area contributed by atoms with Crippen molar-refractivity contribution in [2.45, 2.75) is 25.0 Å². The molecule has 2 heterocycles. The lowest BCUT2D eigenvalue weighted by atomic mass is 10.5. The Bertz CT molecular complexity index is 581. The monoisotopic (exact) mass is 311 g/mol. The molecule has 2 aromatic rings. The molecule has 2 N–H and O–H groups in total. The van der Waals surface area contributed by atoms with Gasteiger partial charge in [0, 0.05) is 25.9 Å². The van der Waals surface area contributed by atoms with Crippen LogP contribution < -0.4 is 10.6 Å². The fourth-order valence-corrected chi connectivity index (χ4v) is 2.21. The quantitative estimate of drug-likeness (QED) is 0.551. The molecular weight excluding hydrogens is 294 g/mol. The van der Waals surface area contributed by atoms with E-state index >= 15 is 0 Å². The number of aromatic nitrogens is 7. The normalized spacial score (nSPS) is 10.6. The molecule has 0 aliphatic carbocycles. The van der Waals surface area contributed by atoms with Gasteiger partial charge in [0.25, 0.3) is 0 Å². The average Bonchev–Trinajstić information content (AvgIpc) is 3.05. The summed E-state index contributed by atoms with van der Waals surface area (Å²) in [5, 5.41) is 24.9. The van der Waals surface area contributed by atoms with Crippen LogP contribution >= 0.6 is 11.8 Å². The number of anilines is 1. The summed E-state index contributed by atoms with van der Waals surface area (Å²) >= 11 is 1.46. The lowest BCUT2D eigenvalue weighted by Crippen LogP contribution is -2.30. The summed E-state index contributed by atoms with van der Waals surface area (Å²) < 4.78 is 3.27. The van der Waals surface area contributed by atoms with Crippen LogP contribution in [0.2, 0.25) is 0 Å². The molecule has 0 saturated heterocycles. The van der Waals surface area contributed by atoms with Crippen molar-refractivity contribution in [2.24, 2.45) is 7.05 Å². The summed E-state index contributed by atoms with van der Waals surface area (Å²) in [6, 6.07) is -0.310. The molecule has 2 rings (SSSR count). The Morgan fingerprint density at radius 1 is 1.38 bits per heavy atom. The van der Waals surface area contributed by atoms with Gasteiger partial charge in [0.05, 0.1) is 6.20 Å². The Hall–Kier alpha value is -2.17. The molecule has 0 radical (unpaired) electrons. The first-order valence-electron chi connectivity index (χ1n) is 6.49. The molecule has 2 amide bonds. The molecule has 0 aliphatic rings. The van der Waals surface area contributed by atoms with Crippen LogP contribution in [0.4, 0.5) is 10.6 Å². The third kappa shape index (κ3) is 4.70. The minimum absolute atomic E-state index is 0.310. The maximum absolute atomic E-state index is 11.7. The van der Waals surface area contributed by atoms with Gasteiger partial charge in [-0.15, -0.1) is 10.2 Å². The van der Waals surface area contributed by atoms with E-state index in [1.807, 2.05) is 6.92 Å². The highest BCUT2D eigenvalue weighted by atomic mass is 32.2. The van der Waals surface area contributed by atoms with E-state index < -0.39 is 0 Å². The highest BCUT2D eigenvalue weighted by Gasteiger charge is 2.06. The molecule has 114 valence electrons. The highest BCUT2D eigenvalue weighted by Crippen LogP contribution is 2.10. The van der Waals surface area contributed by atoms with Crippen molar-refractivity contribution in [3.05, 3.63) is 6.20 Å². The first kappa shape index (κ1) is 15.2. The van der Waals surface area contributed by atoms with Gasteiger partial charge in [0.15, 0.2) is 5.82 Å². The predicted molar refractivity (Wildman–Crippen MR) is 76.9 cm³/mol. The van der Waals surface area contributed by atoms with Gasteiger partial charge in [-0.05, 0) is 16.8 Å². The Kier molecular flexibility index (Phi) is 5.49. The minimum atomic E-state index is -0.310. The van der Waals surface area contributed by atoms with E-state index in [0.29, 0.717) is 23.3 Å². The Morgan fingerprint density at radius 2 is 2.24 bits per heavy atom. The topological polar surface area (TPSA) is 115 Å². The Balaban J connectivity index is 1.66. The second kappa shape index (κ2) is 7.57. The zero-order valence-corrected chi connectivity index (χ0v) is 12.7. The van der Waals surface area contributed by atoms with Crippen LogP contribution in [0.1, 0.15) is 13.3 Å². The van der Waals surface area contributed by atoms with E-state index in [1.165, 1.54) is 11.8 Å². The number of carbonyl (C=O) groups excluding carboxylic acids is 1. The standard InChI is InChI=1S/C10H17N9OS/c1-3-5-19-7-8(13-16-19)12-9(20)11-4-6-21-10-14-15-17-18(10)2/h7H,3-6H2,1-2H3,(H2,11,12,20). The molecule has 0 bridgehead atoms. The molecule has 2 aromatic heterocycles. The zero-order valence-electron chi connectivity index (χ0n) is 11.9. The van der Waals surface area contributed by atoms with Crippen molar-refractivity contribution in [1.29, 1.82) is 0 Å². The van der Waals surface area contributed by atoms with Crippen LogP contribution in [0.3, 0.4) is 0 Å². The van der Waals surface area contributed by atoms with Crippen molar-refractivity contribution in [3.63, 3.8) is 0 Å². The van der Waals surface area contributed by atoms with Crippen LogP contribution in [-0.4, -0.2) is 53.5 Å². The van der Waals surface area contributed by atoms with E-state index in [2.05, 4.69) is 36.5 Å². The number of tetrazole rings is 1. The van der Waals surface area contributed by atoms with Gasteiger partial charge in [-0.1, -0.05) is 23.9 Å². The van der Waals surface area contributed by atoms with E-state index in [4.69, 9.17) is 0 Å². The fourth-order valence-electron chi connectivity index (χ4n) is 1.50. The van der Waals surface area contributed by atoms with Gasteiger partial charge in [-0.25, -0.2) is 9.48 Å². The van der Waals surface area contributed by atoms with Crippen LogP contribution in [0.5, 0.6) is 0 Å². The highest BCUT2D eigenvalue weighted by molar-refractivity contribution is 7.99. The summed E-state index contributed by atoms with van der Waals surface area (Å²) in [4.78, 5) is 11.7. The number of aryl methyl sites for hydroxylation is 2. The van der Waals surface area contributed by atoms with Crippen LogP contribution in [0.15, 0.2) is 11.4 Å². The first-order chi connectivity index (χ1) is 10.2. The number of amides is 2. The van der Waals surface area contributed by atoms with E-state index in [-0.39, 0.29) is 6.03 Å². The number of carbonyl (C=O) groups is 1. The number of thioether (sulfide) groups is 1. The van der Waals surface area contributed by atoms with E-state index in [0.717, 1.165) is 13.0 Å². The number of nitrogens with zero attached hydrogens (tertiary/aromatic N) is 7. The molecule has 0 fully saturated rings. The third-order valence-corrected chi connectivity index (χ3v) is 3.45. The number of nitrogens with one attached hydrogen (secondary N) is 2. The number of rotatable bonds is 7. The van der Waals surface area contributed by atoms with E-state index in [1.54, 1.807) is 22.6 Å². The van der Waals surface area contributed by atoms with Gasteiger partial charge >= 0.3 is 6.03 Å². The molecule has 0 unspecified atom stereocenters. The lowest BCUT2D eigenvalue weighted by molar-refractivity contribution is 0.252. The number of urea groups is 1. The minimum Gasteiger partial charge on any atom is -0.337 e. The molecule has 0 atom stereocenters. The summed E-state index contributed by atoms with van der Waals surface area (Å²) in [6.07, 6.45) is 2.66. The van der Waals surface area contributed by atoms with Crippen molar-refractivity contribution in [1.82, 2.24) is 40.5 Å². The van der Waals surface area contributed by atoms with Crippen molar-refractivity contribution < 1.29 is 4.79 Å². The van der Waals surface area contributed by atoms with Crippen molar-refractivity contribution in [2.75, 3.05) is 17.6 Å². The predicted octanol–water partition coefficient (Wildman–Crippen LogP) is 0.125. The summed E-state index contributed by atoms with van der Waals surface area (Å²) in [5.41, 5.74) is 0. The molecular formula is C10H17N9OS. The van der Waals surface area contributed by atoms with E-state index in [9.17, 15) is 4.79 Å². The Morgan fingerprint density at radius 3 is 2.95 bits per heavy atom. The van der Waals surface area contributed by atoms with Gasteiger partial charge in [0.1, 0.15) is 0 Å². The fraction of sp³-hybridized carbons (Fsp3) is 0.600. The number of hydrogen-bond acceptors (Lipinski definition) is 7. The molecule has 0 aliphatic heterocycles. The number of hydrogen-bond donors (Lipinski definition) is 2.